The molecule has 1 aromatic carbocycles. The molecule has 0 aromatic heterocycles. The van der Waals surface area contributed by atoms with Gasteiger partial charge in [0.15, 0.2) is 0 Å². The molecule has 18 heavy (non-hydrogen) atoms. The predicted molar refractivity (Wildman–Crippen MR) is 70.8 cm³/mol. The summed E-state index contributed by atoms with van der Waals surface area (Å²) in [6, 6.07) is 7.07. The minimum Gasteiger partial charge on any atom is -0.497 e. The quantitative estimate of drug-likeness (QED) is 0.815. The molecule has 4 nitrogen and oxygen atoms in total. The van der Waals surface area contributed by atoms with Gasteiger partial charge < -0.3 is 9.84 Å². The Kier molecular flexibility index (Phi) is 5.16. The molecular formula is C14H21NO3. The van der Waals surface area contributed by atoms with E-state index >= 15 is 0 Å². The Morgan fingerprint density at radius 1 is 1.22 bits per heavy atom. The fraction of sp³-hybridized carbons (Fsp3) is 0.500. The Balaban J connectivity index is 2.73. The number of carboxylic acids is 1. The van der Waals surface area contributed by atoms with E-state index in [0.717, 1.165) is 11.3 Å². The molecule has 0 heterocycles. The third-order valence-corrected chi connectivity index (χ3v) is 2.98. The Bertz CT molecular complexity index is 387. The highest BCUT2D eigenvalue weighted by Gasteiger charge is 2.23. The predicted octanol–water partition coefficient (Wildman–Crippen LogP) is 2.46. The van der Waals surface area contributed by atoms with Gasteiger partial charge in [0.05, 0.1) is 7.11 Å². The molecule has 0 saturated heterocycles. The molecule has 1 aromatic rings. The molecule has 0 bridgehead atoms. The lowest BCUT2D eigenvalue weighted by atomic mass is 10.0. The Morgan fingerprint density at radius 3 is 2.17 bits per heavy atom. The number of hydrogen-bond donors (Lipinski definition) is 2. The molecule has 0 fully saturated rings. The minimum absolute atomic E-state index is 0.0144. The standard InChI is InChI=1S/C14H21NO3/c1-9(2)13(14(16)17)15-10(3)11-5-7-12(18-4)8-6-11/h5-10,13,15H,1-4H3,(H,16,17)/t10-,13?/m0/s1. The van der Waals surface area contributed by atoms with Gasteiger partial charge in [0.25, 0.3) is 0 Å². The summed E-state index contributed by atoms with van der Waals surface area (Å²) in [4.78, 5) is 11.1. The van der Waals surface area contributed by atoms with Crippen molar-refractivity contribution in [3.8, 4) is 5.75 Å². The van der Waals surface area contributed by atoms with Crippen LogP contribution in [0.3, 0.4) is 0 Å². The van der Waals surface area contributed by atoms with E-state index in [1.165, 1.54) is 0 Å². The summed E-state index contributed by atoms with van der Waals surface area (Å²) in [5.74, 6) is 0.0261. The summed E-state index contributed by atoms with van der Waals surface area (Å²) < 4.78 is 5.09. The minimum atomic E-state index is -0.814. The van der Waals surface area contributed by atoms with Crippen molar-refractivity contribution in [2.45, 2.75) is 32.9 Å². The van der Waals surface area contributed by atoms with Crippen molar-refractivity contribution in [3.63, 3.8) is 0 Å². The molecule has 4 heteroatoms. The molecule has 2 N–H and O–H groups in total. The van der Waals surface area contributed by atoms with Crippen molar-refractivity contribution in [3.05, 3.63) is 29.8 Å². The molecule has 0 saturated carbocycles. The SMILES string of the molecule is COc1ccc([C@H](C)NC(C(=O)O)C(C)C)cc1. The van der Waals surface area contributed by atoms with Crippen LogP contribution in [-0.4, -0.2) is 24.2 Å². The second-order valence-electron chi connectivity index (χ2n) is 4.72. The van der Waals surface area contributed by atoms with Crippen LogP contribution in [0.2, 0.25) is 0 Å². The smallest absolute Gasteiger partial charge is 0.320 e. The Labute approximate surface area is 108 Å². The second kappa shape index (κ2) is 6.40. The van der Waals surface area contributed by atoms with E-state index in [0.29, 0.717) is 0 Å². The maximum Gasteiger partial charge on any atom is 0.320 e. The van der Waals surface area contributed by atoms with Gasteiger partial charge in [-0.05, 0) is 30.5 Å². The van der Waals surface area contributed by atoms with Gasteiger partial charge in [-0.15, -0.1) is 0 Å². The van der Waals surface area contributed by atoms with Crippen LogP contribution in [0.15, 0.2) is 24.3 Å². The summed E-state index contributed by atoms with van der Waals surface area (Å²) in [6.45, 7) is 5.75. The molecule has 100 valence electrons. The number of ether oxygens (including phenoxy) is 1. The highest BCUT2D eigenvalue weighted by Crippen LogP contribution is 2.18. The Hall–Kier alpha value is -1.55. The van der Waals surface area contributed by atoms with Crippen molar-refractivity contribution in [2.24, 2.45) is 5.92 Å². The number of rotatable bonds is 6. The van der Waals surface area contributed by atoms with Crippen molar-refractivity contribution < 1.29 is 14.6 Å². The van der Waals surface area contributed by atoms with Crippen LogP contribution in [0, 0.1) is 5.92 Å². The lowest BCUT2D eigenvalue weighted by Gasteiger charge is -2.23. The first kappa shape index (κ1) is 14.5. The number of benzene rings is 1. The third-order valence-electron chi connectivity index (χ3n) is 2.98. The van der Waals surface area contributed by atoms with E-state index in [4.69, 9.17) is 9.84 Å². The summed E-state index contributed by atoms with van der Waals surface area (Å²) >= 11 is 0. The molecule has 0 aliphatic carbocycles. The van der Waals surface area contributed by atoms with Gasteiger partial charge in [-0.25, -0.2) is 0 Å². The summed E-state index contributed by atoms with van der Waals surface area (Å²) in [7, 11) is 1.62. The van der Waals surface area contributed by atoms with Gasteiger partial charge in [-0.1, -0.05) is 26.0 Å². The number of aliphatic carboxylic acids is 1. The van der Waals surface area contributed by atoms with E-state index in [1.807, 2.05) is 45.0 Å². The first-order chi connectivity index (χ1) is 8.45. The second-order valence-corrected chi connectivity index (χ2v) is 4.72. The average Bonchev–Trinajstić information content (AvgIpc) is 2.35. The zero-order valence-corrected chi connectivity index (χ0v) is 11.3. The molecule has 0 amide bonds. The third kappa shape index (κ3) is 3.74. The zero-order valence-electron chi connectivity index (χ0n) is 11.3. The first-order valence-corrected chi connectivity index (χ1v) is 6.08. The Morgan fingerprint density at radius 2 is 1.78 bits per heavy atom. The highest BCUT2D eigenvalue weighted by atomic mass is 16.5. The van der Waals surface area contributed by atoms with Gasteiger partial charge in [0, 0.05) is 6.04 Å². The lowest BCUT2D eigenvalue weighted by Crippen LogP contribution is -2.42. The molecule has 0 aliphatic heterocycles. The molecule has 0 radical (unpaired) electrons. The average molecular weight is 251 g/mol. The van der Waals surface area contributed by atoms with Gasteiger partial charge in [0.1, 0.15) is 11.8 Å². The highest BCUT2D eigenvalue weighted by molar-refractivity contribution is 5.73. The van der Waals surface area contributed by atoms with Crippen molar-refractivity contribution in [1.29, 1.82) is 0 Å². The number of nitrogens with one attached hydrogen (secondary N) is 1. The molecule has 1 unspecified atom stereocenters. The number of carboxylic acid groups (broad SMARTS) is 1. The maximum absolute atomic E-state index is 11.1. The zero-order chi connectivity index (χ0) is 13.7. The van der Waals surface area contributed by atoms with Crippen LogP contribution < -0.4 is 10.1 Å². The van der Waals surface area contributed by atoms with E-state index in [-0.39, 0.29) is 12.0 Å². The van der Waals surface area contributed by atoms with Gasteiger partial charge in [-0.3, -0.25) is 10.1 Å². The molecular weight excluding hydrogens is 230 g/mol. The van der Waals surface area contributed by atoms with Crippen LogP contribution in [0.5, 0.6) is 5.75 Å². The molecule has 0 spiro atoms. The molecule has 2 atom stereocenters. The van der Waals surface area contributed by atoms with Crippen molar-refractivity contribution in [2.75, 3.05) is 7.11 Å². The van der Waals surface area contributed by atoms with E-state index < -0.39 is 12.0 Å². The fourth-order valence-electron chi connectivity index (χ4n) is 1.81. The maximum atomic E-state index is 11.1. The van der Waals surface area contributed by atoms with Crippen LogP contribution in [0.25, 0.3) is 0 Å². The number of methoxy groups -OCH3 is 1. The topological polar surface area (TPSA) is 58.6 Å². The normalized spacial score (nSPS) is 14.3. The number of carbonyl (C=O) groups is 1. The summed E-state index contributed by atoms with van der Waals surface area (Å²) in [6.07, 6.45) is 0. The van der Waals surface area contributed by atoms with Crippen molar-refractivity contribution >= 4 is 5.97 Å². The van der Waals surface area contributed by atoms with Crippen molar-refractivity contribution in [1.82, 2.24) is 5.32 Å². The van der Waals surface area contributed by atoms with Crippen LogP contribution in [-0.2, 0) is 4.79 Å². The van der Waals surface area contributed by atoms with Gasteiger partial charge in [0.2, 0.25) is 0 Å². The summed E-state index contributed by atoms with van der Waals surface area (Å²) in [5.41, 5.74) is 1.04. The van der Waals surface area contributed by atoms with Crippen LogP contribution >= 0.6 is 0 Å². The molecule has 0 aliphatic rings. The summed E-state index contributed by atoms with van der Waals surface area (Å²) in [5, 5.41) is 12.3. The lowest BCUT2D eigenvalue weighted by molar-refractivity contribution is -0.140. The van der Waals surface area contributed by atoms with E-state index in [1.54, 1.807) is 7.11 Å². The monoisotopic (exact) mass is 251 g/mol. The largest absolute Gasteiger partial charge is 0.497 e. The van der Waals surface area contributed by atoms with E-state index in [9.17, 15) is 4.79 Å². The first-order valence-electron chi connectivity index (χ1n) is 6.08. The molecule has 1 rings (SSSR count). The van der Waals surface area contributed by atoms with Gasteiger partial charge in [-0.2, -0.15) is 0 Å². The van der Waals surface area contributed by atoms with E-state index in [2.05, 4.69) is 5.32 Å². The van der Waals surface area contributed by atoms with Gasteiger partial charge >= 0.3 is 5.97 Å². The number of hydrogen-bond acceptors (Lipinski definition) is 3. The fourth-order valence-corrected chi connectivity index (χ4v) is 1.81. The van der Waals surface area contributed by atoms with Crippen LogP contribution in [0.1, 0.15) is 32.4 Å². The van der Waals surface area contributed by atoms with Crippen LogP contribution in [0.4, 0.5) is 0 Å².